The molecule has 1 saturated heterocycles. The lowest BCUT2D eigenvalue weighted by molar-refractivity contribution is -0.116. The van der Waals surface area contributed by atoms with E-state index in [0.717, 1.165) is 0 Å². The maximum Gasteiger partial charge on any atom is 0.224 e. The highest BCUT2D eigenvalue weighted by atomic mass is 32.2. The van der Waals surface area contributed by atoms with Crippen molar-refractivity contribution in [1.29, 1.82) is 0 Å². The van der Waals surface area contributed by atoms with Crippen LogP contribution < -0.4 is 14.8 Å². The van der Waals surface area contributed by atoms with Gasteiger partial charge in [-0.05, 0) is 24.5 Å². The zero-order valence-electron chi connectivity index (χ0n) is 11.5. The van der Waals surface area contributed by atoms with Gasteiger partial charge in [0.2, 0.25) is 5.91 Å². The van der Waals surface area contributed by atoms with E-state index in [1.807, 2.05) is 0 Å². The van der Waals surface area contributed by atoms with Crippen molar-refractivity contribution in [3.63, 3.8) is 0 Å². The van der Waals surface area contributed by atoms with Crippen molar-refractivity contribution in [1.82, 2.24) is 0 Å². The fraction of sp³-hybridized carbons (Fsp3) is 0.500. The number of carbonyl (C=O) groups is 1. The molecule has 0 aliphatic carbocycles. The molecule has 21 heavy (non-hydrogen) atoms. The number of benzene rings is 1. The molecule has 1 aromatic rings. The molecule has 6 nitrogen and oxygen atoms in total. The van der Waals surface area contributed by atoms with Crippen LogP contribution in [0.15, 0.2) is 18.2 Å². The lowest BCUT2D eigenvalue weighted by Gasteiger charge is -2.19. The van der Waals surface area contributed by atoms with E-state index in [2.05, 4.69) is 5.32 Å². The van der Waals surface area contributed by atoms with Gasteiger partial charge in [0, 0.05) is 18.2 Å². The van der Waals surface area contributed by atoms with Crippen LogP contribution in [-0.2, 0) is 14.6 Å². The second-order valence-electron chi connectivity index (χ2n) is 5.38. The highest BCUT2D eigenvalue weighted by Gasteiger charge is 2.29. The van der Waals surface area contributed by atoms with Crippen molar-refractivity contribution in [3.8, 4) is 11.5 Å². The number of anilines is 1. The summed E-state index contributed by atoms with van der Waals surface area (Å²) in [5, 5.41) is 2.78. The van der Waals surface area contributed by atoms with Crippen LogP contribution in [0.4, 0.5) is 5.69 Å². The normalized spacial score (nSPS) is 22.8. The van der Waals surface area contributed by atoms with Crippen molar-refractivity contribution in [3.05, 3.63) is 18.2 Å². The number of rotatable bonds is 3. The molecule has 2 aliphatic heterocycles. The molecule has 0 bridgehead atoms. The predicted molar refractivity (Wildman–Crippen MR) is 77.4 cm³/mol. The van der Waals surface area contributed by atoms with Gasteiger partial charge in [-0.2, -0.15) is 0 Å². The molecule has 7 heteroatoms. The lowest BCUT2D eigenvalue weighted by Crippen LogP contribution is -2.18. The van der Waals surface area contributed by atoms with Gasteiger partial charge in [-0.3, -0.25) is 4.79 Å². The summed E-state index contributed by atoms with van der Waals surface area (Å²) in [5.74, 6) is 1.33. The van der Waals surface area contributed by atoms with Crippen LogP contribution in [0.5, 0.6) is 11.5 Å². The number of fused-ring (bicyclic) bond motifs is 1. The van der Waals surface area contributed by atoms with E-state index in [9.17, 15) is 13.2 Å². The smallest absolute Gasteiger partial charge is 0.224 e. The Hall–Kier alpha value is -1.76. The zero-order valence-corrected chi connectivity index (χ0v) is 12.3. The molecular weight excluding hydrogens is 294 g/mol. The molecule has 1 fully saturated rings. The van der Waals surface area contributed by atoms with Gasteiger partial charge in [-0.15, -0.1) is 0 Å². The minimum absolute atomic E-state index is 0.0767. The Bertz CT molecular complexity index is 655. The van der Waals surface area contributed by atoms with E-state index in [0.29, 0.717) is 36.8 Å². The maximum atomic E-state index is 12.0. The molecule has 0 saturated carbocycles. The maximum absolute atomic E-state index is 12.0. The van der Waals surface area contributed by atoms with Gasteiger partial charge < -0.3 is 14.8 Å². The SMILES string of the molecule is O=C(C[C@@H]1CCS(=O)(=O)C1)Nc1ccc2c(c1)OCCO2. The van der Waals surface area contributed by atoms with Crippen molar-refractivity contribution in [2.75, 3.05) is 30.0 Å². The minimum atomic E-state index is -2.94. The van der Waals surface area contributed by atoms with Crippen molar-refractivity contribution >= 4 is 21.4 Å². The average Bonchev–Trinajstić information content (AvgIpc) is 2.77. The largest absolute Gasteiger partial charge is 0.486 e. The number of hydrogen-bond acceptors (Lipinski definition) is 5. The van der Waals surface area contributed by atoms with Crippen LogP contribution >= 0.6 is 0 Å². The predicted octanol–water partition coefficient (Wildman–Crippen LogP) is 1.22. The van der Waals surface area contributed by atoms with Gasteiger partial charge in [0.25, 0.3) is 0 Å². The third-order valence-corrected chi connectivity index (χ3v) is 5.46. The number of ether oxygens (including phenoxy) is 2. The summed E-state index contributed by atoms with van der Waals surface area (Å²) in [5.41, 5.74) is 0.630. The number of nitrogens with one attached hydrogen (secondary N) is 1. The van der Waals surface area contributed by atoms with Gasteiger partial charge in [0.05, 0.1) is 11.5 Å². The molecule has 1 amide bonds. The van der Waals surface area contributed by atoms with E-state index in [-0.39, 0.29) is 29.8 Å². The molecule has 0 unspecified atom stereocenters. The highest BCUT2D eigenvalue weighted by Crippen LogP contribution is 2.32. The number of carbonyl (C=O) groups excluding carboxylic acids is 1. The Kier molecular flexibility index (Phi) is 3.75. The summed E-state index contributed by atoms with van der Waals surface area (Å²) in [7, 11) is -2.94. The van der Waals surface area contributed by atoms with E-state index in [1.54, 1.807) is 18.2 Å². The molecule has 0 aromatic heterocycles. The van der Waals surface area contributed by atoms with Crippen molar-refractivity contribution < 1.29 is 22.7 Å². The summed E-state index contributed by atoms with van der Waals surface area (Å²) in [6.07, 6.45) is 0.796. The van der Waals surface area contributed by atoms with E-state index < -0.39 is 9.84 Å². The number of hydrogen-bond donors (Lipinski definition) is 1. The molecule has 1 N–H and O–H groups in total. The van der Waals surface area contributed by atoms with E-state index >= 15 is 0 Å². The van der Waals surface area contributed by atoms with Gasteiger partial charge in [-0.1, -0.05) is 0 Å². The standard InChI is InChI=1S/C14H17NO5S/c16-14(7-10-3-6-21(17,18)9-10)15-11-1-2-12-13(8-11)20-5-4-19-12/h1-2,8,10H,3-7,9H2,(H,15,16)/t10-/m0/s1. The zero-order chi connectivity index (χ0) is 14.9. The monoisotopic (exact) mass is 311 g/mol. The lowest BCUT2D eigenvalue weighted by atomic mass is 10.1. The Morgan fingerprint density at radius 1 is 1.24 bits per heavy atom. The quantitative estimate of drug-likeness (QED) is 0.907. The summed E-state index contributed by atoms with van der Waals surface area (Å²) in [6.45, 7) is 1.01. The molecule has 114 valence electrons. The summed E-state index contributed by atoms with van der Waals surface area (Å²) in [4.78, 5) is 12.0. The molecule has 3 rings (SSSR count). The summed E-state index contributed by atoms with van der Waals surface area (Å²) >= 11 is 0. The molecule has 1 aromatic carbocycles. The van der Waals surface area contributed by atoms with Crippen LogP contribution in [0.3, 0.4) is 0 Å². The Labute approximate surface area is 123 Å². The van der Waals surface area contributed by atoms with E-state index in [1.165, 1.54) is 0 Å². The van der Waals surface area contributed by atoms with E-state index in [4.69, 9.17) is 9.47 Å². The molecule has 2 aliphatic rings. The van der Waals surface area contributed by atoms with Gasteiger partial charge >= 0.3 is 0 Å². The molecular formula is C14H17NO5S. The fourth-order valence-corrected chi connectivity index (χ4v) is 4.49. The number of sulfone groups is 1. The fourth-order valence-electron chi connectivity index (χ4n) is 2.63. The number of amides is 1. The highest BCUT2D eigenvalue weighted by molar-refractivity contribution is 7.91. The van der Waals surface area contributed by atoms with Gasteiger partial charge in [0.1, 0.15) is 13.2 Å². The third kappa shape index (κ3) is 3.47. The average molecular weight is 311 g/mol. The molecule has 2 heterocycles. The second-order valence-corrected chi connectivity index (χ2v) is 7.61. The first-order valence-corrected chi connectivity index (χ1v) is 8.74. The topological polar surface area (TPSA) is 81.7 Å². The van der Waals surface area contributed by atoms with Crippen molar-refractivity contribution in [2.45, 2.75) is 12.8 Å². The Morgan fingerprint density at radius 3 is 2.71 bits per heavy atom. The van der Waals surface area contributed by atoms with Crippen LogP contribution in [0.1, 0.15) is 12.8 Å². The first kappa shape index (κ1) is 14.2. The first-order chi connectivity index (χ1) is 10.0. The van der Waals surface area contributed by atoms with Gasteiger partial charge in [0.15, 0.2) is 21.3 Å². The van der Waals surface area contributed by atoms with Crippen LogP contribution in [0.25, 0.3) is 0 Å². The molecule has 0 spiro atoms. The van der Waals surface area contributed by atoms with Crippen LogP contribution in [0.2, 0.25) is 0 Å². The van der Waals surface area contributed by atoms with Crippen molar-refractivity contribution in [2.24, 2.45) is 5.92 Å². The Morgan fingerprint density at radius 2 is 2.00 bits per heavy atom. The van der Waals surface area contributed by atoms with Crippen LogP contribution in [0, 0.1) is 5.92 Å². The van der Waals surface area contributed by atoms with Gasteiger partial charge in [-0.25, -0.2) is 8.42 Å². The van der Waals surface area contributed by atoms with Crippen LogP contribution in [-0.4, -0.2) is 39.0 Å². The second kappa shape index (κ2) is 5.55. The molecule has 0 radical (unpaired) electrons. The first-order valence-electron chi connectivity index (χ1n) is 6.92. The minimum Gasteiger partial charge on any atom is -0.486 e. The summed E-state index contributed by atoms with van der Waals surface area (Å²) in [6, 6.07) is 5.22. The third-order valence-electron chi connectivity index (χ3n) is 3.63. The summed E-state index contributed by atoms with van der Waals surface area (Å²) < 4.78 is 33.6. The Balaban J connectivity index is 1.60. The molecule has 1 atom stereocenters.